The summed E-state index contributed by atoms with van der Waals surface area (Å²) in [5, 5.41) is 2.73. The molecule has 0 atom stereocenters. The molecule has 2 aromatic rings. The van der Waals surface area contributed by atoms with Gasteiger partial charge < -0.3 is 5.32 Å². The number of aryl methyl sites for hydroxylation is 1. The van der Waals surface area contributed by atoms with Crippen LogP contribution in [0.5, 0.6) is 0 Å². The van der Waals surface area contributed by atoms with Gasteiger partial charge in [0.2, 0.25) is 0 Å². The summed E-state index contributed by atoms with van der Waals surface area (Å²) in [6.07, 6.45) is 0.812. The monoisotopic (exact) mass is 410 g/mol. The van der Waals surface area contributed by atoms with Gasteiger partial charge in [-0.15, -0.1) is 0 Å². The predicted octanol–water partition coefficient (Wildman–Crippen LogP) is 3.70. The Morgan fingerprint density at radius 2 is 1.92 bits per heavy atom. The number of anilines is 1. The van der Waals surface area contributed by atoms with Gasteiger partial charge in [-0.2, -0.15) is 0 Å². The maximum Gasteiger partial charge on any atom is 0.261 e. The van der Waals surface area contributed by atoms with Gasteiger partial charge in [-0.05, 0) is 65.2 Å². The van der Waals surface area contributed by atoms with Gasteiger partial charge in [-0.25, -0.2) is 8.42 Å². The fraction of sp³-hybridized carbons (Fsp3) is 0.235. The third kappa shape index (κ3) is 4.58. The number of sulfonamides is 1. The Kier molecular flexibility index (Phi) is 6.01. The zero-order chi connectivity index (χ0) is 17.7. The SMILES string of the molecule is CCCNC(=O)c1cccc(S(=O)(=O)Nc2cc(C)ccc2Br)c1. The zero-order valence-electron chi connectivity index (χ0n) is 13.5. The first-order valence-electron chi connectivity index (χ1n) is 7.50. The third-order valence-electron chi connectivity index (χ3n) is 3.31. The maximum absolute atomic E-state index is 12.6. The Bertz CT molecular complexity index is 851. The highest BCUT2D eigenvalue weighted by Gasteiger charge is 2.17. The second kappa shape index (κ2) is 7.81. The molecule has 0 bridgehead atoms. The molecule has 2 rings (SSSR count). The van der Waals surface area contributed by atoms with Crippen molar-refractivity contribution in [3.63, 3.8) is 0 Å². The van der Waals surface area contributed by atoms with E-state index in [0.717, 1.165) is 12.0 Å². The molecule has 0 spiro atoms. The van der Waals surface area contributed by atoms with E-state index < -0.39 is 10.0 Å². The molecule has 2 aromatic carbocycles. The topological polar surface area (TPSA) is 75.3 Å². The second-order valence-corrected chi connectivity index (χ2v) is 7.91. The second-order valence-electron chi connectivity index (χ2n) is 5.37. The summed E-state index contributed by atoms with van der Waals surface area (Å²) < 4.78 is 28.4. The molecule has 0 radical (unpaired) electrons. The number of benzene rings is 2. The number of amides is 1. The van der Waals surface area contributed by atoms with Crippen molar-refractivity contribution < 1.29 is 13.2 Å². The molecule has 0 unspecified atom stereocenters. The molecular weight excluding hydrogens is 392 g/mol. The highest BCUT2D eigenvalue weighted by atomic mass is 79.9. The standard InChI is InChI=1S/C17H19BrN2O3S/c1-3-9-19-17(21)13-5-4-6-14(11-13)24(22,23)20-16-10-12(2)7-8-15(16)18/h4-8,10-11,20H,3,9H2,1-2H3,(H,19,21). The van der Waals surface area contributed by atoms with E-state index in [9.17, 15) is 13.2 Å². The smallest absolute Gasteiger partial charge is 0.261 e. The first-order chi connectivity index (χ1) is 11.3. The zero-order valence-corrected chi connectivity index (χ0v) is 15.9. The van der Waals surface area contributed by atoms with Gasteiger partial charge in [-0.1, -0.05) is 19.1 Å². The molecule has 0 aromatic heterocycles. The van der Waals surface area contributed by atoms with E-state index in [1.54, 1.807) is 24.3 Å². The number of halogens is 1. The Labute approximate surface area is 150 Å². The average Bonchev–Trinajstić information content (AvgIpc) is 2.56. The number of nitrogens with one attached hydrogen (secondary N) is 2. The molecule has 0 aliphatic rings. The van der Waals surface area contributed by atoms with Gasteiger partial charge in [0.25, 0.3) is 15.9 Å². The molecule has 128 valence electrons. The van der Waals surface area contributed by atoms with Crippen LogP contribution in [0.15, 0.2) is 51.8 Å². The Morgan fingerprint density at radius 1 is 1.17 bits per heavy atom. The Morgan fingerprint density at radius 3 is 2.62 bits per heavy atom. The Hall–Kier alpha value is -1.86. The van der Waals surface area contributed by atoms with Crippen molar-refractivity contribution in [1.82, 2.24) is 5.32 Å². The fourth-order valence-electron chi connectivity index (χ4n) is 2.07. The summed E-state index contributed by atoms with van der Waals surface area (Å²) in [7, 11) is -3.79. The van der Waals surface area contributed by atoms with E-state index in [0.29, 0.717) is 22.3 Å². The lowest BCUT2D eigenvalue weighted by molar-refractivity contribution is 0.0953. The maximum atomic E-state index is 12.6. The van der Waals surface area contributed by atoms with Gasteiger partial charge in [0.15, 0.2) is 0 Å². The minimum absolute atomic E-state index is 0.0417. The molecule has 1 amide bonds. The van der Waals surface area contributed by atoms with Crippen LogP contribution < -0.4 is 10.0 Å². The molecule has 0 aliphatic carbocycles. The van der Waals surface area contributed by atoms with Gasteiger partial charge in [0, 0.05) is 16.6 Å². The third-order valence-corrected chi connectivity index (χ3v) is 5.36. The number of hydrogen-bond donors (Lipinski definition) is 2. The van der Waals surface area contributed by atoms with Gasteiger partial charge in [0.1, 0.15) is 0 Å². The van der Waals surface area contributed by atoms with Crippen LogP contribution in [0, 0.1) is 6.92 Å². The van der Waals surface area contributed by atoms with Crippen LogP contribution in [0.4, 0.5) is 5.69 Å². The van der Waals surface area contributed by atoms with Crippen molar-refractivity contribution >= 4 is 37.5 Å². The minimum Gasteiger partial charge on any atom is -0.352 e. The average molecular weight is 411 g/mol. The lowest BCUT2D eigenvalue weighted by Crippen LogP contribution is -2.24. The normalized spacial score (nSPS) is 11.1. The van der Waals surface area contributed by atoms with Crippen molar-refractivity contribution in [3.05, 3.63) is 58.1 Å². The van der Waals surface area contributed by atoms with Crippen LogP contribution in [0.1, 0.15) is 29.3 Å². The summed E-state index contributed by atoms with van der Waals surface area (Å²) in [5.41, 5.74) is 1.70. The fourth-order valence-corrected chi connectivity index (χ4v) is 3.66. The van der Waals surface area contributed by atoms with E-state index in [2.05, 4.69) is 26.0 Å². The number of carbonyl (C=O) groups is 1. The van der Waals surface area contributed by atoms with Crippen LogP contribution >= 0.6 is 15.9 Å². The van der Waals surface area contributed by atoms with Crippen LogP contribution in [0.3, 0.4) is 0 Å². The van der Waals surface area contributed by atoms with Crippen molar-refractivity contribution in [2.75, 3.05) is 11.3 Å². The number of rotatable bonds is 6. The molecule has 0 heterocycles. The van der Waals surface area contributed by atoms with E-state index in [-0.39, 0.29) is 10.8 Å². The van der Waals surface area contributed by atoms with Crippen molar-refractivity contribution in [2.45, 2.75) is 25.2 Å². The summed E-state index contributed by atoms with van der Waals surface area (Å²) in [6, 6.07) is 11.4. The largest absolute Gasteiger partial charge is 0.352 e. The van der Waals surface area contributed by atoms with E-state index in [1.807, 2.05) is 19.9 Å². The van der Waals surface area contributed by atoms with Gasteiger partial charge in [-0.3, -0.25) is 9.52 Å². The predicted molar refractivity (Wildman–Crippen MR) is 98.8 cm³/mol. The summed E-state index contributed by atoms with van der Waals surface area (Å²) in [4.78, 5) is 12.0. The van der Waals surface area contributed by atoms with Gasteiger partial charge >= 0.3 is 0 Å². The van der Waals surface area contributed by atoms with Crippen LogP contribution in [0.2, 0.25) is 0 Å². The lowest BCUT2D eigenvalue weighted by atomic mass is 10.2. The van der Waals surface area contributed by atoms with Gasteiger partial charge in [0.05, 0.1) is 10.6 Å². The summed E-state index contributed by atoms with van der Waals surface area (Å²) in [6.45, 7) is 4.37. The molecule has 24 heavy (non-hydrogen) atoms. The van der Waals surface area contributed by atoms with Crippen molar-refractivity contribution in [1.29, 1.82) is 0 Å². The first kappa shape index (κ1) is 18.5. The summed E-state index contributed by atoms with van der Waals surface area (Å²) in [5.74, 6) is -0.286. The molecule has 0 saturated carbocycles. The number of hydrogen-bond acceptors (Lipinski definition) is 3. The molecule has 7 heteroatoms. The molecular formula is C17H19BrN2O3S. The molecule has 5 nitrogen and oxygen atoms in total. The number of carbonyl (C=O) groups excluding carboxylic acids is 1. The lowest BCUT2D eigenvalue weighted by Gasteiger charge is -2.11. The Balaban J connectivity index is 2.29. The summed E-state index contributed by atoms with van der Waals surface area (Å²) >= 11 is 3.33. The molecule has 0 saturated heterocycles. The quantitative estimate of drug-likeness (QED) is 0.761. The highest BCUT2D eigenvalue weighted by Crippen LogP contribution is 2.26. The molecule has 0 aliphatic heterocycles. The molecule has 2 N–H and O–H groups in total. The van der Waals surface area contributed by atoms with Crippen LogP contribution in [-0.4, -0.2) is 20.9 Å². The van der Waals surface area contributed by atoms with E-state index >= 15 is 0 Å². The van der Waals surface area contributed by atoms with Crippen LogP contribution in [0.25, 0.3) is 0 Å². The van der Waals surface area contributed by atoms with E-state index in [4.69, 9.17) is 0 Å². The van der Waals surface area contributed by atoms with Crippen LogP contribution in [-0.2, 0) is 10.0 Å². The van der Waals surface area contributed by atoms with E-state index in [1.165, 1.54) is 12.1 Å². The minimum atomic E-state index is -3.79. The first-order valence-corrected chi connectivity index (χ1v) is 9.78. The van der Waals surface area contributed by atoms with Crippen molar-refractivity contribution in [3.8, 4) is 0 Å². The highest BCUT2D eigenvalue weighted by molar-refractivity contribution is 9.10. The van der Waals surface area contributed by atoms with Crippen molar-refractivity contribution in [2.24, 2.45) is 0 Å². The molecule has 0 fully saturated rings.